The molecule has 7 heteroatoms. The molecule has 4 nitrogen and oxygen atoms in total. The molecule has 1 aliphatic heterocycles. The third kappa shape index (κ3) is 2.86. The fraction of sp³-hybridized carbons (Fsp3) is 0.176. The number of anilines is 1. The van der Waals surface area contributed by atoms with Crippen molar-refractivity contribution in [3.05, 3.63) is 74.7 Å². The van der Waals surface area contributed by atoms with E-state index < -0.39 is 0 Å². The van der Waals surface area contributed by atoms with Crippen LogP contribution in [-0.4, -0.2) is 14.8 Å². The second kappa shape index (κ2) is 6.29. The Hall–Kier alpha value is -1.73. The second-order valence-corrected chi connectivity index (χ2v) is 7.53. The number of nitrogens with zero attached hydrogens (tertiary/aromatic N) is 3. The summed E-state index contributed by atoms with van der Waals surface area (Å²) in [4.78, 5) is 4.28. The maximum absolute atomic E-state index is 14.4. The van der Waals surface area contributed by atoms with Gasteiger partial charge in [0.15, 0.2) is 0 Å². The topological polar surface area (TPSA) is 42.7 Å². The zero-order valence-electron chi connectivity index (χ0n) is 12.5. The molecule has 0 fully saturated rings. The molecule has 122 valence electrons. The van der Waals surface area contributed by atoms with Crippen molar-refractivity contribution in [2.75, 3.05) is 5.32 Å². The van der Waals surface area contributed by atoms with E-state index in [0.29, 0.717) is 17.9 Å². The molecule has 1 aliphatic rings. The number of nitrogens with one attached hydrogen (secondary N) is 1. The Morgan fingerprint density at radius 2 is 1.96 bits per heavy atom. The fourth-order valence-corrected chi connectivity index (χ4v) is 3.89. The van der Waals surface area contributed by atoms with Crippen LogP contribution in [-0.2, 0) is 0 Å². The quantitative estimate of drug-likeness (QED) is 0.590. The van der Waals surface area contributed by atoms with Crippen molar-refractivity contribution in [1.29, 1.82) is 0 Å². The first kappa shape index (κ1) is 15.8. The normalized spacial score (nSPS) is 19.6. The molecule has 4 rings (SSSR count). The summed E-state index contributed by atoms with van der Waals surface area (Å²) in [6.45, 7) is 0. The maximum Gasteiger partial charge on any atom is 0.222 e. The minimum atomic E-state index is -0.237. The molecule has 1 aromatic heterocycles. The van der Waals surface area contributed by atoms with E-state index in [4.69, 9.17) is 0 Å². The van der Waals surface area contributed by atoms with E-state index in [9.17, 15) is 4.39 Å². The average molecular weight is 452 g/mol. The highest BCUT2D eigenvalue weighted by Crippen LogP contribution is 2.39. The Labute approximate surface area is 155 Å². The van der Waals surface area contributed by atoms with Gasteiger partial charge in [0.25, 0.3) is 0 Å². The molecule has 2 atom stereocenters. The highest BCUT2D eigenvalue weighted by molar-refractivity contribution is 9.10. The predicted octanol–water partition coefficient (Wildman–Crippen LogP) is 5.09. The minimum absolute atomic E-state index is 0.0302. The van der Waals surface area contributed by atoms with E-state index in [1.807, 2.05) is 18.2 Å². The van der Waals surface area contributed by atoms with E-state index >= 15 is 0 Å². The van der Waals surface area contributed by atoms with E-state index in [0.717, 1.165) is 14.5 Å². The predicted molar refractivity (Wildman–Crippen MR) is 97.4 cm³/mol. The minimum Gasteiger partial charge on any atom is -0.348 e. The van der Waals surface area contributed by atoms with Crippen molar-refractivity contribution in [2.45, 2.75) is 18.5 Å². The lowest BCUT2D eigenvalue weighted by atomic mass is 9.93. The molecule has 0 bridgehead atoms. The molecule has 0 saturated heterocycles. The van der Waals surface area contributed by atoms with Crippen molar-refractivity contribution >= 4 is 37.8 Å². The molecular formula is C17H13Br2FN4. The Kier molecular flexibility index (Phi) is 4.14. The second-order valence-electron chi connectivity index (χ2n) is 5.70. The molecule has 24 heavy (non-hydrogen) atoms. The van der Waals surface area contributed by atoms with Crippen LogP contribution in [0.1, 0.15) is 29.6 Å². The molecule has 0 spiro atoms. The standard InChI is InChI=1S/C17H13Br2FN4/c18-11-3-1-2-10(6-11)15-8-16(24-17(23-15)21-9-22-24)13-7-12(19)4-5-14(13)20/h1-7,9,15-16H,8H2,(H,21,22,23)/t15-,16-/m0/s1. The van der Waals surface area contributed by atoms with Crippen LogP contribution in [0, 0.1) is 5.82 Å². The summed E-state index contributed by atoms with van der Waals surface area (Å²) in [5.74, 6) is 0.412. The first-order valence-electron chi connectivity index (χ1n) is 7.48. The van der Waals surface area contributed by atoms with Crippen molar-refractivity contribution < 1.29 is 4.39 Å². The van der Waals surface area contributed by atoms with Crippen LogP contribution >= 0.6 is 31.9 Å². The maximum atomic E-state index is 14.4. The van der Waals surface area contributed by atoms with E-state index in [2.05, 4.69) is 59.4 Å². The monoisotopic (exact) mass is 450 g/mol. The molecule has 2 heterocycles. The van der Waals surface area contributed by atoms with Crippen LogP contribution in [0.5, 0.6) is 0 Å². The number of benzene rings is 2. The van der Waals surface area contributed by atoms with Gasteiger partial charge in [-0.1, -0.05) is 44.0 Å². The molecule has 0 amide bonds. The van der Waals surface area contributed by atoms with E-state index in [1.54, 1.807) is 10.7 Å². The molecule has 3 aromatic rings. The van der Waals surface area contributed by atoms with Crippen LogP contribution in [0.2, 0.25) is 0 Å². The van der Waals surface area contributed by atoms with Gasteiger partial charge in [-0.15, -0.1) is 0 Å². The van der Waals surface area contributed by atoms with Gasteiger partial charge in [0.05, 0.1) is 12.1 Å². The van der Waals surface area contributed by atoms with Gasteiger partial charge >= 0.3 is 0 Å². The summed E-state index contributed by atoms with van der Waals surface area (Å²) < 4.78 is 18.0. The molecule has 1 N–H and O–H groups in total. The van der Waals surface area contributed by atoms with Gasteiger partial charge in [0, 0.05) is 14.5 Å². The number of halogens is 3. The van der Waals surface area contributed by atoms with E-state index in [-0.39, 0.29) is 17.9 Å². The summed E-state index contributed by atoms with van der Waals surface area (Å²) in [7, 11) is 0. The van der Waals surface area contributed by atoms with Gasteiger partial charge < -0.3 is 5.32 Å². The lowest BCUT2D eigenvalue weighted by Crippen LogP contribution is -2.28. The molecule has 0 aliphatic carbocycles. The molecule has 0 radical (unpaired) electrons. The lowest BCUT2D eigenvalue weighted by Gasteiger charge is -2.32. The Morgan fingerprint density at radius 1 is 1.12 bits per heavy atom. The van der Waals surface area contributed by atoms with Crippen LogP contribution in [0.25, 0.3) is 0 Å². The van der Waals surface area contributed by atoms with Crippen LogP contribution in [0.4, 0.5) is 10.3 Å². The van der Waals surface area contributed by atoms with Crippen LogP contribution < -0.4 is 5.32 Å². The van der Waals surface area contributed by atoms with Gasteiger partial charge in [-0.25, -0.2) is 9.07 Å². The summed E-state index contributed by atoms with van der Waals surface area (Å²) in [6.07, 6.45) is 2.18. The van der Waals surface area contributed by atoms with Gasteiger partial charge in [-0.3, -0.25) is 0 Å². The SMILES string of the molecule is Fc1ccc(Br)cc1[C@@H]1C[C@@H](c2cccc(Br)c2)Nc2ncnn21. The zero-order valence-corrected chi connectivity index (χ0v) is 15.6. The Morgan fingerprint density at radius 3 is 2.79 bits per heavy atom. The van der Waals surface area contributed by atoms with Crippen LogP contribution in [0.15, 0.2) is 57.7 Å². The summed E-state index contributed by atoms with van der Waals surface area (Å²) in [6, 6.07) is 12.9. The lowest BCUT2D eigenvalue weighted by molar-refractivity contribution is 0.415. The van der Waals surface area contributed by atoms with Crippen molar-refractivity contribution in [1.82, 2.24) is 14.8 Å². The number of hydrogen-bond donors (Lipinski definition) is 1. The summed E-state index contributed by atoms with van der Waals surface area (Å²) in [5.41, 5.74) is 1.73. The molecule has 0 saturated carbocycles. The van der Waals surface area contributed by atoms with Gasteiger partial charge in [-0.2, -0.15) is 10.1 Å². The fourth-order valence-electron chi connectivity index (χ4n) is 3.09. The Balaban J connectivity index is 1.78. The van der Waals surface area contributed by atoms with E-state index in [1.165, 1.54) is 12.4 Å². The smallest absolute Gasteiger partial charge is 0.222 e. The highest BCUT2D eigenvalue weighted by Gasteiger charge is 2.31. The highest BCUT2D eigenvalue weighted by atomic mass is 79.9. The first-order valence-corrected chi connectivity index (χ1v) is 9.07. The largest absolute Gasteiger partial charge is 0.348 e. The van der Waals surface area contributed by atoms with Crippen molar-refractivity contribution in [3.8, 4) is 0 Å². The third-order valence-corrected chi connectivity index (χ3v) is 5.19. The van der Waals surface area contributed by atoms with Crippen molar-refractivity contribution in [2.24, 2.45) is 0 Å². The number of fused-ring (bicyclic) bond motifs is 1. The third-order valence-electron chi connectivity index (χ3n) is 4.20. The number of hydrogen-bond acceptors (Lipinski definition) is 3. The summed E-state index contributed by atoms with van der Waals surface area (Å²) in [5, 5.41) is 7.67. The van der Waals surface area contributed by atoms with Crippen molar-refractivity contribution in [3.63, 3.8) is 0 Å². The van der Waals surface area contributed by atoms with Gasteiger partial charge in [0.2, 0.25) is 5.95 Å². The zero-order chi connectivity index (χ0) is 16.7. The summed E-state index contributed by atoms with van der Waals surface area (Å²) >= 11 is 6.94. The average Bonchev–Trinajstić information content (AvgIpc) is 3.05. The number of aromatic nitrogens is 3. The Bertz CT molecular complexity index is 896. The molecule has 0 unspecified atom stereocenters. The van der Waals surface area contributed by atoms with Gasteiger partial charge in [0.1, 0.15) is 12.1 Å². The number of rotatable bonds is 2. The molecular weight excluding hydrogens is 439 g/mol. The van der Waals surface area contributed by atoms with Crippen LogP contribution in [0.3, 0.4) is 0 Å². The first-order chi connectivity index (χ1) is 11.6. The van der Waals surface area contributed by atoms with Gasteiger partial charge in [-0.05, 0) is 42.3 Å². The molecule has 2 aromatic carbocycles.